The van der Waals surface area contributed by atoms with Crippen molar-refractivity contribution in [2.24, 2.45) is 0 Å². The molecule has 11 heavy (non-hydrogen) atoms. The molecule has 2 aromatic rings. The summed E-state index contributed by atoms with van der Waals surface area (Å²) < 4.78 is 5.25. The van der Waals surface area contributed by atoms with E-state index in [-0.39, 0.29) is 0 Å². The molecular formula is C10H8O. The molecule has 0 aliphatic rings. The maximum atomic E-state index is 5.25. The fourth-order valence-electron chi connectivity index (χ4n) is 1.17. The van der Waals surface area contributed by atoms with Gasteiger partial charge in [-0.1, -0.05) is 30.8 Å². The SMILES string of the molecule is C=Cc1occ2ccccc12. The minimum Gasteiger partial charge on any atom is -0.464 e. The first kappa shape index (κ1) is 6.23. The van der Waals surface area contributed by atoms with Crippen LogP contribution in [-0.2, 0) is 0 Å². The summed E-state index contributed by atoms with van der Waals surface area (Å²) in [5, 5.41) is 2.25. The van der Waals surface area contributed by atoms with Gasteiger partial charge >= 0.3 is 0 Å². The standard InChI is InChI=1S/C10H8O/c1-2-10-9-6-4-3-5-8(9)7-11-10/h2-7H,1H2. The molecule has 0 radical (unpaired) electrons. The predicted molar refractivity (Wildman–Crippen MR) is 46.3 cm³/mol. The van der Waals surface area contributed by atoms with Gasteiger partial charge in [-0.25, -0.2) is 0 Å². The Morgan fingerprint density at radius 1 is 1.27 bits per heavy atom. The zero-order valence-corrected chi connectivity index (χ0v) is 6.08. The Balaban J connectivity index is 2.86. The van der Waals surface area contributed by atoms with Crippen molar-refractivity contribution in [1.29, 1.82) is 0 Å². The molecule has 1 aromatic carbocycles. The van der Waals surface area contributed by atoms with Crippen molar-refractivity contribution in [3.05, 3.63) is 42.9 Å². The maximum Gasteiger partial charge on any atom is 0.133 e. The lowest BCUT2D eigenvalue weighted by atomic mass is 10.2. The van der Waals surface area contributed by atoms with Crippen molar-refractivity contribution < 1.29 is 4.42 Å². The Kier molecular flexibility index (Phi) is 1.29. The predicted octanol–water partition coefficient (Wildman–Crippen LogP) is 3.08. The van der Waals surface area contributed by atoms with E-state index < -0.39 is 0 Å². The molecule has 0 amide bonds. The van der Waals surface area contributed by atoms with Crippen molar-refractivity contribution in [3.63, 3.8) is 0 Å². The van der Waals surface area contributed by atoms with E-state index >= 15 is 0 Å². The zero-order chi connectivity index (χ0) is 7.68. The molecule has 0 N–H and O–H groups in total. The van der Waals surface area contributed by atoms with Gasteiger partial charge in [0.05, 0.1) is 6.26 Å². The number of benzene rings is 1. The second-order valence-corrected chi connectivity index (χ2v) is 2.39. The van der Waals surface area contributed by atoms with Crippen LogP contribution in [0.3, 0.4) is 0 Å². The van der Waals surface area contributed by atoms with E-state index in [4.69, 9.17) is 4.42 Å². The van der Waals surface area contributed by atoms with Crippen LogP contribution in [0, 0.1) is 0 Å². The minimum atomic E-state index is 0.848. The van der Waals surface area contributed by atoms with E-state index in [0.717, 1.165) is 16.5 Å². The van der Waals surface area contributed by atoms with Crippen molar-refractivity contribution >= 4 is 16.8 Å². The Morgan fingerprint density at radius 2 is 2.09 bits per heavy atom. The number of rotatable bonds is 1. The molecule has 0 bridgehead atoms. The molecule has 0 saturated heterocycles. The Bertz CT molecular complexity index is 384. The molecule has 2 rings (SSSR count). The fraction of sp³-hybridized carbons (Fsp3) is 0. The van der Waals surface area contributed by atoms with Crippen LogP contribution in [0.5, 0.6) is 0 Å². The Morgan fingerprint density at radius 3 is 2.91 bits per heavy atom. The highest BCUT2D eigenvalue weighted by atomic mass is 16.3. The van der Waals surface area contributed by atoms with Crippen molar-refractivity contribution in [3.8, 4) is 0 Å². The fourth-order valence-corrected chi connectivity index (χ4v) is 1.17. The molecule has 54 valence electrons. The summed E-state index contributed by atoms with van der Waals surface area (Å²) in [6.07, 6.45) is 3.47. The van der Waals surface area contributed by atoms with Crippen molar-refractivity contribution in [2.45, 2.75) is 0 Å². The van der Waals surface area contributed by atoms with Gasteiger partial charge in [-0.2, -0.15) is 0 Å². The minimum absolute atomic E-state index is 0.848. The lowest BCUT2D eigenvalue weighted by Gasteiger charge is -1.86. The molecule has 0 aliphatic carbocycles. The normalized spacial score (nSPS) is 10.2. The zero-order valence-electron chi connectivity index (χ0n) is 6.08. The summed E-state index contributed by atoms with van der Waals surface area (Å²) in [7, 11) is 0. The van der Waals surface area contributed by atoms with E-state index in [1.54, 1.807) is 12.3 Å². The van der Waals surface area contributed by atoms with Crippen LogP contribution in [0.2, 0.25) is 0 Å². The lowest BCUT2D eigenvalue weighted by molar-refractivity contribution is 0.562. The highest BCUT2D eigenvalue weighted by Crippen LogP contribution is 2.20. The van der Waals surface area contributed by atoms with E-state index in [1.807, 2.05) is 24.3 Å². The summed E-state index contributed by atoms with van der Waals surface area (Å²) in [5.41, 5.74) is 0. The quantitative estimate of drug-likeness (QED) is 0.599. The summed E-state index contributed by atoms with van der Waals surface area (Å²) in [6.45, 7) is 3.66. The van der Waals surface area contributed by atoms with Gasteiger partial charge in [0, 0.05) is 10.8 Å². The molecule has 0 spiro atoms. The van der Waals surface area contributed by atoms with E-state index in [0.29, 0.717) is 0 Å². The van der Waals surface area contributed by atoms with Crippen LogP contribution in [-0.4, -0.2) is 0 Å². The van der Waals surface area contributed by atoms with E-state index in [2.05, 4.69) is 6.58 Å². The molecule has 1 aromatic heterocycles. The van der Waals surface area contributed by atoms with Gasteiger partial charge < -0.3 is 4.42 Å². The van der Waals surface area contributed by atoms with Crippen LogP contribution >= 0.6 is 0 Å². The second kappa shape index (κ2) is 2.27. The summed E-state index contributed by atoms with van der Waals surface area (Å²) in [4.78, 5) is 0. The summed E-state index contributed by atoms with van der Waals surface area (Å²) in [6, 6.07) is 8.03. The second-order valence-electron chi connectivity index (χ2n) is 2.39. The lowest BCUT2D eigenvalue weighted by Crippen LogP contribution is -1.64. The van der Waals surface area contributed by atoms with Gasteiger partial charge in [0.25, 0.3) is 0 Å². The largest absolute Gasteiger partial charge is 0.464 e. The Labute approximate surface area is 64.9 Å². The third-order valence-electron chi connectivity index (χ3n) is 1.72. The Hall–Kier alpha value is -1.50. The molecule has 1 nitrogen and oxygen atoms in total. The average molecular weight is 144 g/mol. The van der Waals surface area contributed by atoms with Crippen LogP contribution in [0.4, 0.5) is 0 Å². The van der Waals surface area contributed by atoms with Crippen LogP contribution in [0.15, 0.2) is 41.5 Å². The van der Waals surface area contributed by atoms with E-state index in [1.165, 1.54) is 0 Å². The number of hydrogen-bond acceptors (Lipinski definition) is 1. The summed E-state index contributed by atoms with van der Waals surface area (Å²) >= 11 is 0. The van der Waals surface area contributed by atoms with Gasteiger partial charge in [0.2, 0.25) is 0 Å². The highest BCUT2D eigenvalue weighted by molar-refractivity contribution is 5.88. The van der Waals surface area contributed by atoms with Gasteiger partial charge in [-0.05, 0) is 6.08 Å². The van der Waals surface area contributed by atoms with Crippen LogP contribution in [0.1, 0.15) is 5.76 Å². The van der Waals surface area contributed by atoms with Crippen molar-refractivity contribution in [2.75, 3.05) is 0 Å². The van der Waals surface area contributed by atoms with Gasteiger partial charge in [0.1, 0.15) is 5.76 Å². The first-order chi connectivity index (χ1) is 5.42. The van der Waals surface area contributed by atoms with Gasteiger partial charge in [0.15, 0.2) is 0 Å². The average Bonchev–Trinajstić information content (AvgIpc) is 2.47. The van der Waals surface area contributed by atoms with Crippen LogP contribution in [0.25, 0.3) is 16.8 Å². The molecule has 0 aliphatic heterocycles. The third-order valence-corrected chi connectivity index (χ3v) is 1.72. The maximum absolute atomic E-state index is 5.25. The molecule has 0 saturated carbocycles. The smallest absolute Gasteiger partial charge is 0.133 e. The first-order valence-corrected chi connectivity index (χ1v) is 3.50. The monoisotopic (exact) mass is 144 g/mol. The van der Waals surface area contributed by atoms with Crippen molar-refractivity contribution in [1.82, 2.24) is 0 Å². The molecule has 0 atom stereocenters. The first-order valence-electron chi connectivity index (χ1n) is 3.50. The van der Waals surface area contributed by atoms with Crippen LogP contribution < -0.4 is 0 Å². The van der Waals surface area contributed by atoms with Gasteiger partial charge in [-0.15, -0.1) is 0 Å². The molecule has 0 unspecified atom stereocenters. The number of hydrogen-bond donors (Lipinski definition) is 0. The number of furan rings is 1. The topological polar surface area (TPSA) is 13.1 Å². The molecule has 0 fully saturated rings. The third kappa shape index (κ3) is 0.855. The van der Waals surface area contributed by atoms with E-state index in [9.17, 15) is 0 Å². The molecule has 1 heterocycles. The molecule has 1 heteroatoms. The molecular weight excluding hydrogens is 136 g/mol. The summed E-state index contributed by atoms with van der Waals surface area (Å²) in [5.74, 6) is 0.848. The highest BCUT2D eigenvalue weighted by Gasteiger charge is 1.99. The number of fused-ring (bicyclic) bond motifs is 1. The van der Waals surface area contributed by atoms with Gasteiger partial charge in [-0.3, -0.25) is 0 Å².